The van der Waals surface area contributed by atoms with Crippen LogP contribution in [0.4, 0.5) is 5.69 Å². The number of furan rings is 1. The number of nitrogen functional groups attached to an aromatic ring is 1. The largest absolute Gasteiger partial charge is 0.466 e. The van der Waals surface area contributed by atoms with Crippen molar-refractivity contribution < 1.29 is 9.21 Å². The molecule has 2 aromatic heterocycles. The Morgan fingerprint density at radius 3 is 2.74 bits per heavy atom. The molecule has 0 fully saturated rings. The van der Waals surface area contributed by atoms with E-state index < -0.39 is 0 Å². The first-order valence-electron chi connectivity index (χ1n) is 6.06. The summed E-state index contributed by atoms with van der Waals surface area (Å²) < 4.78 is 5.46. The lowest BCUT2D eigenvalue weighted by Crippen LogP contribution is -2.27. The third kappa shape index (κ3) is 2.93. The molecule has 2 rings (SSSR count). The lowest BCUT2D eigenvalue weighted by molar-refractivity contribution is 0.0934. The fourth-order valence-electron chi connectivity index (χ4n) is 2.00. The number of aromatic nitrogens is 1. The Kier molecular flexibility index (Phi) is 3.55. The highest BCUT2D eigenvalue weighted by molar-refractivity contribution is 5.93. The van der Waals surface area contributed by atoms with Crippen LogP contribution in [0, 0.1) is 13.8 Å². The zero-order chi connectivity index (χ0) is 14.0. The monoisotopic (exact) mass is 259 g/mol. The third-order valence-corrected chi connectivity index (χ3v) is 2.91. The summed E-state index contributed by atoms with van der Waals surface area (Å²) in [6, 6.07) is 4.97. The highest BCUT2D eigenvalue weighted by Gasteiger charge is 2.16. The summed E-state index contributed by atoms with van der Waals surface area (Å²) in [6.07, 6.45) is 1.52. The van der Waals surface area contributed by atoms with Crippen LogP contribution in [0.15, 0.2) is 28.8 Å². The number of hydrogen-bond donors (Lipinski definition) is 2. The number of carbonyl (C=O) groups is 1. The first-order valence-corrected chi connectivity index (χ1v) is 6.06. The molecule has 2 aromatic rings. The van der Waals surface area contributed by atoms with Crippen LogP contribution in [-0.2, 0) is 0 Å². The number of nitrogens with zero attached hydrogens (tertiary/aromatic N) is 1. The van der Waals surface area contributed by atoms with Gasteiger partial charge in [-0.15, -0.1) is 0 Å². The minimum atomic E-state index is -0.252. The molecular weight excluding hydrogens is 242 g/mol. The molecule has 0 aliphatic heterocycles. The molecule has 0 aliphatic rings. The number of nitrogens with one attached hydrogen (secondary N) is 1. The lowest BCUT2D eigenvalue weighted by Gasteiger charge is -2.12. The standard InChI is InChI=1S/C14H17N3O2/c1-8-6-12(10(3)19-8)9(2)17-14(18)13-7-11(15)4-5-16-13/h4-7,9H,1-3H3,(H2,15,16)(H,17,18). The van der Waals surface area contributed by atoms with Gasteiger partial charge < -0.3 is 15.5 Å². The van der Waals surface area contributed by atoms with Crippen LogP contribution < -0.4 is 11.1 Å². The maximum Gasteiger partial charge on any atom is 0.270 e. The molecule has 0 spiro atoms. The summed E-state index contributed by atoms with van der Waals surface area (Å²) in [6.45, 7) is 5.66. The molecule has 1 unspecified atom stereocenters. The Labute approximate surface area is 111 Å². The minimum Gasteiger partial charge on any atom is -0.466 e. The van der Waals surface area contributed by atoms with Gasteiger partial charge in [-0.25, -0.2) is 0 Å². The molecule has 100 valence electrons. The third-order valence-electron chi connectivity index (χ3n) is 2.91. The molecule has 0 aliphatic carbocycles. The van der Waals surface area contributed by atoms with Crippen molar-refractivity contribution in [1.29, 1.82) is 0 Å². The maximum absolute atomic E-state index is 12.0. The fraction of sp³-hybridized carbons (Fsp3) is 0.286. The van der Waals surface area contributed by atoms with Crippen molar-refractivity contribution in [2.24, 2.45) is 0 Å². The van der Waals surface area contributed by atoms with Crippen molar-refractivity contribution in [3.63, 3.8) is 0 Å². The molecule has 5 nitrogen and oxygen atoms in total. The molecule has 0 bridgehead atoms. The summed E-state index contributed by atoms with van der Waals surface area (Å²) in [5.41, 5.74) is 7.42. The van der Waals surface area contributed by atoms with E-state index in [2.05, 4.69) is 10.3 Å². The van der Waals surface area contributed by atoms with E-state index in [0.29, 0.717) is 11.4 Å². The zero-order valence-electron chi connectivity index (χ0n) is 11.2. The van der Waals surface area contributed by atoms with E-state index in [9.17, 15) is 4.79 Å². The van der Waals surface area contributed by atoms with Crippen LogP contribution >= 0.6 is 0 Å². The molecule has 0 aromatic carbocycles. The molecule has 3 N–H and O–H groups in total. The van der Waals surface area contributed by atoms with Crippen LogP contribution in [0.5, 0.6) is 0 Å². The number of pyridine rings is 1. The van der Waals surface area contributed by atoms with E-state index >= 15 is 0 Å². The number of carbonyl (C=O) groups excluding carboxylic acids is 1. The smallest absolute Gasteiger partial charge is 0.270 e. The van der Waals surface area contributed by atoms with E-state index in [4.69, 9.17) is 10.2 Å². The second-order valence-electron chi connectivity index (χ2n) is 4.54. The molecule has 0 radical (unpaired) electrons. The number of amides is 1. The van der Waals surface area contributed by atoms with E-state index in [-0.39, 0.29) is 11.9 Å². The molecule has 1 atom stereocenters. The quantitative estimate of drug-likeness (QED) is 0.886. The van der Waals surface area contributed by atoms with E-state index in [1.165, 1.54) is 6.20 Å². The summed E-state index contributed by atoms with van der Waals surface area (Å²) >= 11 is 0. The summed E-state index contributed by atoms with van der Waals surface area (Å²) in [5.74, 6) is 1.39. The number of nitrogens with two attached hydrogens (primary N) is 1. The van der Waals surface area contributed by atoms with Gasteiger partial charge in [-0.2, -0.15) is 0 Å². The predicted octanol–water partition coefficient (Wildman–Crippen LogP) is 2.36. The Balaban J connectivity index is 2.13. The van der Waals surface area contributed by atoms with Crippen LogP contribution in [0.25, 0.3) is 0 Å². The van der Waals surface area contributed by atoms with Gasteiger partial charge in [-0.3, -0.25) is 9.78 Å². The van der Waals surface area contributed by atoms with E-state index in [1.54, 1.807) is 12.1 Å². The van der Waals surface area contributed by atoms with Gasteiger partial charge in [0.1, 0.15) is 17.2 Å². The molecule has 0 saturated carbocycles. The van der Waals surface area contributed by atoms with Crippen LogP contribution in [0.1, 0.15) is 40.5 Å². The van der Waals surface area contributed by atoms with Gasteiger partial charge >= 0.3 is 0 Å². The Morgan fingerprint density at radius 2 is 2.16 bits per heavy atom. The van der Waals surface area contributed by atoms with Crippen LogP contribution in [-0.4, -0.2) is 10.9 Å². The van der Waals surface area contributed by atoms with Crippen molar-refractivity contribution in [1.82, 2.24) is 10.3 Å². The minimum absolute atomic E-state index is 0.145. The second kappa shape index (κ2) is 5.14. The fourth-order valence-corrected chi connectivity index (χ4v) is 2.00. The Morgan fingerprint density at radius 1 is 1.42 bits per heavy atom. The Hall–Kier alpha value is -2.30. The van der Waals surface area contributed by atoms with Crippen LogP contribution in [0.2, 0.25) is 0 Å². The van der Waals surface area contributed by atoms with Gasteiger partial charge in [-0.1, -0.05) is 0 Å². The normalized spacial score (nSPS) is 12.2. The van der Waals surface area contributed by atoms with Crippen molar-refractivity contribution in [3.8, 4) is 0 Å². The van der Waals surface area contributed by atoms with Crippen molar-refractivity contribution in [3.05, 3.63) is 47.2 Å². The second-order valence-corrected chi connectivity index (χ2v) is 4.54. The average molecular weight is 259 g/mol. The Bertz CT molecular complexity index is 604. The summed E-state index contributed by atoms with van der Waals surface area (Å²) in [7, 11) is 0. The van der Waals surface area contributed by atoms with Gasteiger partial charge in [0.25, 0.3) is 5.91 Å². The van der Waals surface area contributed by atoms with Crippen molar-refractivity contribution >= 4 is 11.6 Å². The van der Waals surface area contributed by atoms with Gasteiger partial charge in [0.2, 0.25) is 0 Å². The SMILES string of the molecule is Cc1cc(C(C)NC(=O)c2cc(N)ccn2)c(C)o1. The number of hydrogen-bond acceptors (Lipinski definition) is 4. The van der Waals surface area contributed by atoms with Crippen molar-refractivity contribution in [2.75, 3.05) is 5.73 Å². The van der Waals surface area contributed by atoms with Gasteiger partial charge in [0.05, 0.1) is 6.04 Å². The molecule has 0 saturated heterocycles. The zero-order valence-corrected chi connectivity index (χ0v) is 11.2. The number of aryl methyl sites for hydroxylation is 2. The number of anilines is 1. The molecular formula is C14H17N3O2. The highest BCUT2D eigenvalue weighted by Crippen LogP contribution is 2.21. The maximum atomic E-state index is 12.0. The molecule has 1 amide bonds. The highest BCUT2D eigenvalue weighted by atomic mass is 16.3. The van der Waals surface area contributed by atoms with Gasteiger partial charge in [0.15, 0.2) is 0 Å². The molecule has 5 heteroatoms. The van der Waals surface area contributed by atoms with Gasteiger partial charge in [0, 0.05) is 17.4 Å². The van der Waals surface area contributed by atoms with Crippen molar-refractivity contribution in [2.45, 2.75) is 26.8 Å². The lowest BCUT2D eigenvalue weighted by atomic mass is 10.1. The van der Waals surface area contributed by atoms with E-state index in [0.717, 1.165) is 17.1 Å². The topological polar surface area (TPSA) is 81.2 Å². The number of rotatable bonds is 3. The van der Waals surface area contributed by atoms with Gasteiger partial charge in [-0.05, 0) is 39.0 Å². The van der Waals surface area contributed by atoms with Crippen LogP contribution in [0.3, 0.4) is 0 Å². The summed E-state index contributed by atoms with van der Waals surface area (Å²) in [4.78, 5) is 16.0. The predicted molar refractivity (Wildman–Crippen MR) is 72.7 cm³/mol. The summed E-state index contributed by atoms with van der Waals surface area (Å²) in [5, 5.41) is 2.88. The average Bonchev–Trinajstić information content (AvgIpc) is 2.68. The molecule has 19 heavy (non-hydrogen) atoms. The van der Waals surface area contributed by atoms with E-state index in [1.807, 2.05) is 26.8 Å². The first kappa shape index (κ1) is 13.1. The molecule has 2 heterocycles. The first-order chi connectivity index (χ1) is 8.97.